The van der Waals surface area contributed by atoms with E-state index in [9.17, 15) is 9.59 Å². The standard InChI is InChI=1S/C19H22N4O2/c24-17(13-3-6-15-16(11-13)21-12-20-15)23-10-2-8-19(23)7-1-9-22(18(19)25)14-4-5-14/h3,6,11-12,14H,1-2,4-5,7-10H2,(H,20,21). The molecule has 130 valence electrons. The van der Waals surface area contributed by atoms with Gasteiger partial charge in [0.05, 0.1) is 17.4 Å². The molecule has 1 unspecified atom stereocenters. The monoisotopic (exact) mass is 338 g/mol. The molecule has 5 rings (SSSR count). The predicted molar refractivity (Wildman–Crippen MR) is 93.1 cm³/mol. The first-order chi connectivity index (χ1) is 12.2. The minimum atomic E-state index is -0.610. The van der Waals surface area contributed by atoms with Crippen LogP contribution in [0.25, 0.3) is 11.0 Å². The maximum Gasteiger partial charge on any atom is 0.254 e. The van der Waals surface area contributed by atoms with Crippen LogP contribution in [-0.2, 0) is 4.79 Å². The van der Waals surface area contributed by atoms with Crippen LogP contribution in [0.3, 0.4) is 0 Å². The number of benzene rings is 1. The number of aromatic nitrogens is 2. The number of piperidine rings is 1. The quantitative estimate of drug-likeness (QED) is 0.914. The van der Waals surface area contributed by atoms with Crippen molar-refractivity contribution in [3.8, 4) is 0 Å². The van der Waals surface area contributed by atoms with Crippen LogP contribution >= 0.6 is 0 Å². The molecule has 3 aliphatic rings. The zero-order valence-electron chi connectivity index (χ0n) is 14.2. The lowest BCUT2D eigenvalue weighted by atomic mass is 9.85. The Hall–Kier alpha value is -2.37. The number of likely N-dealkylation sites (tertiary alicyclic amines) is 2. The summed E-state index contributed by atoms with van der Waals surface area (Å²) in [6.07, 6.45) is 7.36. The third-order valence-corrected chi connectivity index (χ3v) is 6.04. The lowest BCUT2D eigenvalue weighted by Gasteiger charge is -2.44. The van der Waals surface area contributed by atoms with E-state index in [2.05, 4.69) is 9.97 Å². The van der Waals surface area contributed by atoms with Gasteiger partial charge < -0.3 is 14.8 Å². The molecule has 6 heteroatoms. The van der Waals surface area contributed by atoms with E-state index in [4.69, 9.17) is 0 Å². The molecule has 2 aromatic rings. The average molecular weight is 338 g/mol. The molecule has 1 saturated carbocycles. The van der Waals surface area contributed by atoms with Gasteiger partial charge >= 0.3 is 0 Å². The Balaban J connectivity index is 1.49. The van der Waals surface area contributed by atoms with Gasteiger partial charge in [-0.15, -0.1) is 0 Å². The van der Waals surface area contributed by atoms with Gasteiger partial charge in [0.2, 0.25) is 5.91 Å². The van der Waals surface area contributed by atoms with Gasteiger partial charge in [-0.25, -0.2) is 4.98 Å². The second kappa shape index (κ2) is 5.31. The number of amides is 2. The van der Waals surface area contributed by atoms with Gasteiger partial charge in [-0.05, 0) is 56.7 Å². The molecule has 1 aromatic heterocycles. The van der Waals surface area contributed by atoms with Crippen LogP contribution in [0.1, 0.15) is 48.9 Å². The summed E-state index contributed by atoms with van der Waals surface area (Å²) >= 11 is 0. The number of hydrogen-bond donors (Lipinski definition) is 1. The van der Waals surface area contributed by atoms with E-state index in [-0.39, 0.29) is 11.8 Å². The molecular weight excluding hydrogens is 316 g/mol. The fraction of sp³-hybridized carbons (Fsp3) is 0.526. The van der Waals surface area contributed by atoms with Crippen LogP contribution in [-0.4, -0.2) is 56.3 Å². The SMILES string of the molecule is O=C(c1ccc2nc[nH]c2c1)N1CCCC12CCCN(C1CC1)C2=O. The molecule has 25 heavy (non-hydrogen) atoms. The Labute approximate surface area is 146 Å². The predicted octanol–water partition coefficient (Wildman–Crippen LogP) is 2.32. The van der Waals surface area contributed by atoms with Crippen LogP contribution < -0.4 is 0 Å². The number of carbonyl (C=O) groups excluding carboxylic acids is 2. The van der Waals surface area contributed by atoms with E-state index in [0.29, 0.717) is 18.2 Å². The highest BCUT2D eigenvalue weighted by molar-refractivity contribution is 6.01. The topological polar surface area (TPSA) is 69.3 Å². The first-order valence-corrected chi connectivity index (χ1v) is 9.25. The van der Waals surface area contributed by atoms with Crippen molar-refractivity contribution in [2.45, 2.75) is 50.1 Å². The van der Waals surface area contributed by atoms with Gasteiger partial charge in [0.15, 0.2) is 0 Å². The number of fused-ring (bicyclic) bond motifs is 1. The normalized spacial score (nSPS) is 26.8. The molecule has 2 amide bonds. The van der Waals surface area contributed by atoms with Crippen LogP contribution in [0, 0.1) is 0 Å². The van der Waals surface area contributed by atoms with E-state index in [1.54, 1.807) is 6.33 Å². The molecular formula is C19H22N4O2. The van der Waals surface area contributed by atoms with E-state index in [1.807, 2.05) is 28.0 Å². The first-order valence-electron chi connectivity index (χ1n) is 9.25. The lowest BCUT2D eigenvalue weighted by molar-refractivity contribution is -0.146. The largest absolute Gasteiger partial charge is 0.345 e. The fourth-order valence-electron chi connectivity index (χ4n) is 4.63. The molecule has 2 aliphatic heterocycles. The smallest absolute Gasteiger partial charge is 0.254 e. The van der Waals surface area contributed by atoms with Crippen LogP contribution in [0.2, 0.25) is 0 Å². The number of imidazole rings is 1. The van der Waals surface area contributed by atoms with Crippen molar-refractivity contribution in [3.63, 3.8) is 0 Å². The summed E-state index contributed by atoms with van der Waals surface area (Å²) < 4.78 is 0. The number of nitrogens with zero attached hydrogens (tertiary/aromatic N) is 3. The Morgan fingerprint density at radius 1 is 1.20 bits per heavy atom. The minimum Gasteiger partial charge on any atom is -0.345 e. The van der Waals surface area contributed by atoms with Gasteiger partial charge in [-0.1, -0.05) is 0 Å². The summed E-state index contributed by atoms with van der Waals surface area (Å²) in [7, 11) is 0. The molecule has 6 nitrogen and oxygen atoms in total. The Morgan fingerprint density at radius 2 is 2.00 bits per heavy atom. The summed E-state index contributed by atoms with van der Waals surface area (Å²) in [5.74, 6) is 0.162. The van der Waals surface area contributed by atoms with Gasteiger partial charge in [0, 0.05) is 24.7 Å². The average Bonchev–Trinajstić information content (AvgIpc) is 3.21. The maximum atomic E-state index is 13.3. The summed E-state index contributed by atoms with van der Waals surface area (Å²) in [5, 5.41) is 0. The van der Waals surface area contributed by atoms with Gasteiger partial charge in [-0.3, -0.25) is 9.59 Å². The summed E-state index contributed by atoms with van der Waals surface area (Å²) in [5.41, 5.74) is 1.73. The van der Waals surface area contributed by atoms with Crippen molar-refractivity contribution in [3.05, 3.63) is 30.1 Å². The van der Waals surface area contributed by atoms with Gasteiger partial charge in [0.25, 0.3) is 5.91 Å². The van der Waals surface area contributed by atoms with Crippen LogP contribution in [0.15, 0.2) is 24.5 Å². The van der Waals surface area contributed by atoms with Crippen molar-refractivity contribution in [2.24, 2.45) is 0 Å². The summed E-state index contributed by atoms with van der Waals surface area (Å²) in [6.45, 7) is 1.53. The number of H-pyrrole nitrogens is 1. The maximum absolute atomic E-state index is 13.3. The number of carbonyl (C=O) groups is 2. The number of nitrogens with one attached hydrogen (secondary N) is 1. The minimum absolute atomic E-state index is 0.0278. The highest BCUT2D eigenvalue weighted by Gasteiger charge is 2.54. The third kappa shape index (κ3) is 2.19. The molecule has 1 aliphatic carbocycles. The number of hydrogen-bond acceptors (Lipinski definition) is 3. The van der Waals surface area contributed by atoms with Crippen molar-refractivity contribution in [1.29, 1.82) is 0 Å². The first kappa shape index (κ1) is 14.9. The molecule has 0 bridgehead atoms. The molecule has 0 radical (unpaired) electrons. The molecule has 3 fully saturated rings. The van der Waals surface area contributed by atoms with Crippen molar-refractivity contribution in [1.82, 2.24) is 19.8 Å². The van der Waals surface area contributed by atoms with Crippen molar-refractivity contribution >= 4 is 22.8 Å². The highest BCUT2D eigenvalue weighted by atomic mass is 16.2. The van der Waals surface area contributed by atoms with Crippen LogP contribution in [0.5, 0.6) is 0 Å². The molecule has 1 spiro atoms. The molecule has 2 saturated heterocycles. The zero-order valence-corrected chi connectivity index (χ0v) is 14.2. The van der Waals surface area contributed by atoms with E-state index in [1.165, 1.54) is 0 Å². The molecule has 1 aromatic carbocycles. The van der Waals surface area contributed by atoms with Gasteiger partial charge in [0.1, 0.15) is 5.54 Å². The summed E-state index contributed by atoms with van der Waals surface area (Å²) in [6, 6.07) is 5.95. The zero-order chi connectivity index (χ0) is 17.0. The third-order valence-electron chi connectivity index (χ3n) is 6.04. The Bertz CT molecular complexity index is 856. The summed E-state index contributed by atoms with van der Waals surface area (Å²) in [4.78, 5) is 37.7. The number of rotatable bonds is 2. The van der Waals surface area contributed by atoms with E-state index >= 15 is 0 Å². The molecule has 1 N–H and O–H groups in total. The Kier molecular flexibility index (Phi) is 3.17. The Morgan fingerprint density at radius 3 is 2.80 bits per heavy atom. The van der Waals surface area contributed by atoms with E-state index < -0.39 is 5.54 Å². The second-order valence-electron chi connectivity index (χ2n) is 7.56. The number of aromatic amines is 1. The lowest BCUT2D eigenvalue weighted by Crippen LogP contribution is -2.61. The van der Waals surface area contributed by atoms with Crippen molar-refractivity contribution in [2.75, 3.05) is 13.1 Å². The van der Waals surface area contributed by atoms with Crippen LogP contribution in [0.4, 0.5) is 0 Å². The fourth-order valence-corrected chi connectivity index (χ4v) is 4.63. The van der Waals surface area contributed by atoms with Gasteiger partial charge in [-0.2, -0.15) is 0 Å². The highest BCUT2D eigenvalue weighted by Crippen LogP contribution is 2.42. The molecule has 3 heterocycles. The van der Waals surface area contributed by atoms with E-state index in [0.717, 1.165) is 56.1 Å². The molecule has 1 atom stereocenters. The van der Waals surface area contributed by atoms with Crippen molar-refractivity contribution < 1.29 is 9.59 Å². The second-order valence-corrected chi connectivity index (χ2v) is 7.56.